The molecule has 0 radical (unpaired) electrons. The van der Waals surface area contributed by atoms with E-state index in [1.165, 1.54) is 0 Å². The van der Waals surface area contributed by atoms with Crippen molar-refractivity contribution in [3.8, 4) is 11.1 Å². The Morgan fingerprint density at radius 3 is 2.66 bits per heavy atom. The van der Waals surface area contributed by atoms with Gasteiger partial charge in [-0.15, -0.1) is 5.10 Å². The average molecular weight is 474 g/mol. The molecule has 11 heteroatoms. The van der Waals surface area contributed by atoms with Crippen molar-refractivity contribution in [1.29, 1.82) is 0 Å². The van der Waals surface area contributed by atoms with E-state index < -0.39 is 5.91 Å². The second-order valence-electron chi connectivity index (χ2n) is 9.74. The molecule has 5 rings (SSSR count). The summed E-state index contributed by atoms with van der Waals surface area (Å²) in [5.74, 6) is -0.528. The number of pyridine rings is 2. The number of anilines is 2. The van der Waals surface area contributed by atoms with Gasteiger partial charge in [0.15, 0.2) is 5.69 Å². The Hall–Kier alpha value is -4.12. The number of nitrogens with one attached hydrogen (secondary N) is 3. The summed E-state index contributed by atoms with van der Waals surface area (Å²) in [6.45, 7) is 10.2. The zero-order chi connectivity index (χ0) is 24.7. The fourth-order valence-corrected chi connectivity index (χ4v) is 4.46. The van der Waals surface area contributed by atoms with Crippen molar-refractivity contribution in [3.05, 3.63) is 53.9 Å². The highest BCUT2D eigenvalue weighted by Gasteiger charge is 2.34. The Labute approximate surface area is 201 Å². The smallest absolute Gasteiger partial charge is 0.278 e. The number of hydrogen-bond acceptors (Lipinski definition) is 7. The van der Waals surface area contributed by atoms with Crippen LogP contribution in [0.1, 0.15) is 35.7 Å². The zero-order valence-electron chi connectivity index (χ0n) is 20.1. The van der Waals surface area contributed by atoms with Gasteiger partial charge >= 0.3 is 0 Å². The Bertz CT molecular complexity index is 1430. The van der Waals surface area contributed by atoms with Gasteiger partial charge in [0.05, 0.1) is 41.0 Å². The minimum absolute atomic E-state index is 0.114. The van der Waals surface area contributed by atoms with Crippen LogP contribution >= 0.6 is 0 Å². The standard InChI is InChI=1S/C24H27N9O2/c1-14-18(9-26-29-14)16-5-6-20-22(30-31-33(20)10-16)23(35)28-19-7-17(8-25-15(19)2)27-21(34)11-32-12-24(3,4)13-32/h5-10H,11-13H2,1-4H3,(H,26,29)(H,27,34)(H,28,35). The van der Waals surface area contributed by atoms with E-state index in [0.29, 0.717) is 29.1 Å². The van der Waals surface area contributed by atoms with E-state index >= 15 is 0 Å². The molecular formula is C24H27N9O2. The van der Waals surface area contributed by atoms with Crippen molar-refractivity contribution in [2.24, 2.45) is 5.41 Å². The zero-order valence-corrected chi connectivity index (χ0v) is 20.1. The summed E-state index contributed by atoms with van der Waals surface area (Å²) in [7, 11) is 0. The van der Waals surface area contributed by atoms with Crippen LogP contribution in [-0.2, 0) is 4.79 Å². The van der Waals surface area contributed by atoms with E-state index in [1.54, 1.807) is 36.0 Å². The van der Waals surface area contributed by atoms with Crippen LogP contribution in [0.2, 0.25) is 0 Å². The van der Waals surface area contributed by atoms with Crippen molar-refractivity contribution in [1.82, 2.24) is 34.9 Å². The second kappa shape index (κ2) is 8.58. The molecule has 4 aromatic heterocycles. The molecule has 1 aliphatic rings. The molecule has 1 saturated heterocycles. The third kappa shape index (κ3) is 4.62. The van der Waals surface area contributed by atoms with Gasteiger partial charge in [0, 0.05) is 36.6 Å². The lowest BCUT2D eigenvalue weighted by molar-refractivity contribution is -0.120. The first kappa shape index (κ1) is 22.7. The molecule has 1 fully saturated rings. The number of fused-ring (bicyclic) bond motifs is 1. The second-order valence-corrected chi connectivity index (χ2v) is 9.74. The van der Waals surface area contributed by atoms with Gasteiger partial charge in [-0.25, -0.2) is 4.52 Å². The van der Waals surface area contributed by atoms with Gasteiger partial charge in [-0.3, -0.25) is 24.6 Å². The molecule has 3 N–H and O–H groups in total. The molecule has 4 aromatic rings. The molecule has 0 spiro atoms. The lowest BCUT2D eigenvalue weighted by Crippen LogP contribution is -2.54. The number of carbonyl (C=O) groups excluding carboxylic acids is 2. The highest BCUT2D eigenvalue weighted by molar-refractivity contribution is 6.08. The summed E-state index contributed by atoms with van der Waals surface area (Å²) < 4.78 is 1.56. The van der Waals surface area contributed by atoms with Crippen LogP contribution in [0.4, 0.5) is 11.4 Å². The Kier molecular flexibility index (Phi) is 5.56. The molecular weight excluding hydrogens is 446 g/mol. The predicted molar refractivity (Wildman–Crippen MR) is 131 cm³/mol. The first-order valence-electron chi connectivity index (χ1n) is 11.3. The number of likely N-dealkylation sites (tertiary alicyclic amines) is 1. The molecule has 1 aliphatic heterocycles. The predicted octanol–water partition coefficient (Wildman–Crippen LogP) is 2.66. The lowest BCUT2D eigenvalue weighted by Gasteiger charge is -2.45. The van der Waals surface area contributed by atoms with Gasteiger partial charge in [-0.1, -0.05) is 25.1 Å². The molecule has 35 heavy (non-hydrogen) atoms. The highest BCUT2D eigenvalue weighted by Crippen LogP contribution is 2.28. The Balaban J connectivity index is 1.29. The van der Waals surface area contributed by atoms with Crippen molar-refractivity contribution >= 4 is 28.7 Å². The topological polar surface area (TPSA) is 133 Å². The van der Waals surface area contributed by atoms with Crippen molar-refractivity contribution in [2.75, 3.05) is 30.3 Å². The van der Waals surface area contributed by atoms with E-state index in [4.69, 9.17) is 0 Å². The molecule has 0 unspecified atom stereocenters. The Morgan fingerprint density at radius 1 is 1.14 bits per heavy atom. The quantitative estimate of drug-likeness (QED) is 0.392. The summed E-state index contributed by atoms with van der Waals surface area (Å²) in [5, 5.41) is 20.9. The van der Waals surface area contributed by atoms with Crippen LogP contribution in [0.5, 0.6) is 0 Å². The third-order valence-corrected chi connectivity index (χ3v) is 6.06. The van der Waals surface area contributed by atoms with E-state index in [-0.39, 0.29) is 17.0 Å². The summed E-state index contributed by atoms with van der Waals surface area (Å²) >= 11 is 0. The maximum Gasteiger partial charge on any atom is 0.278 e. The number of aromatic nitrogens is 6. The van der Waals surface area contributed by atoms with Gasteiger partial charge in [0.25, 0.3) is 5.91 Å². The van der Waals surface area contributed by atoms with Gasteiger partial charge in [-0.2, -0.15) is 5.10 Å². The number of nitrogens with zero attached hydrogens (tertiary/aromatic N) is 6. The first-order chi connectivity index (χ1) is 16.7. The number of rotatable bonds is 6. The van der Waals surface area contributed by atoms with Crippen LogP contribution in [0.3, 0.4) is 0 Å². The average Bonchev–Trinajstić information content (AvgIpc) is 3.40. The van der Waals surface area contributed by atoms with Crippen LogP contribution in [0, 0.1) is 19.3 Å². The van der Waals surface area contributed by atoms with Crippen LogP contribution in [0.15, 0.2) is 36.8 Å². The largest absolute Gasteiger partial charge is 0.324 e. The SMILES string of the molecule is Cc1ncc(NC(=O)CN2CC(C)(C)C2)cc1NC(=O)c1nnn2cc(-c3c[nH]nc3C)ccc12. The molecule has 0 aliphatic carbocycles. The van der Waals surface area contributed by atoms with Crippen molar-refractivity contribution in [3.63, 3.8) is 0 Å². The van der Waals surface area contributed by atoms with Gasteiger partial charge in [0.2, 0.25) is 5.91 Å². The maximum atomic E-state index is 13.0. The minimum Gasteiger partial charge on any atom is -0.324 e. The number of aryl methyl sites for hydroxylation is 2. The number of amides is 2. The summed E-state index contributed by atoms with van der Waals surface area (Å²) in [6.07, 6.45) is 5.20. The Morgan fingerprint density at radius 2 is 1.94 bits per heavy atom. The van der Waals surface area contributed by atoms with E-state index in [1.807, 2.05) is 19.2 Å². The molecule has 5 heterocycles. The molecule has 0 saturated carbocycles. The molecule has 11 nitrogen and oxygen atoms in total. The van der Waals surface area contributed by atoms with E-state index in [2.05, 4.69) is 54.9 Å². The first-order valence-corrected chi connectivity index (χ1v) is 11.3. The molecule has 0 atom stereocenters. The summed E-state index contributed by atoms with van der Waals surface area (Å²) in [4.78, 5) is 31.9. The van der Waals surface area contributed by atoms with E-state index in [0.717, 1.165) is 29.9 Å². The summed E-state index contributed by atoms with van der Waals surface area (Å²) in [5.41, 5.74) is 5.37. The number of H-pyrrole nitrogens is 1. The highest BCUT2D eigenvalue weighted by atomic mass is 16.2. The van der Waals surface area contributed by atoms with Crippen LogP contribution in [-0.4, -0.2) is 66.4 Å². The molecule has 2 amide bonds. The number of hydrogen-bond donors (Lipinski definition) is 3. The normalized spacial score (nSPS) is 15.1. The van der Waals surface area contributed by atoms with Gasteiger partial charge in [-0.05, 0) is 31.4 Å². The third-order valence-electron chi connectivity index (χ3n) is 6.06. The van der Waals surface area contributed by atoms with Crippen molar-refractivity contribution < 1.29 is 9.59 Å². The summed E-state index contributed by atoms with van der Waals surface area (Å²) in [6, 6.07) is 5.40. The van der Waals surface area contributed by atoms with E-state index in [9.17, 15) is 9.59 Å². The lowest BCUT2D eigenvalue weighted by atomic mass is 9.84. The molecule has 180 valence electrons. The number of aromatic amines is 1. The molecule has 0 bridgehead atoms. The number of carbonyl (C=O) groups is 2. The van der Waals surface area contributed by atoms with Crippen LogP contribution in [0.25, 0.3) is 16.6 Å². The van der Waals surface area contributed by atoms with Gasteiger partial charge in [0.1, 0.15) is 0 Å². The minimum atomic E-state index is -0.413. The fraction of sp³-hybridized carbons (Fsp3) is 0.333. The molecule has 0 aromatic carbocycles. The fourth-order valence-electron chi connectivity index (χ4n) is 4.46. The monoisotopic (exact) mass is 473 g/mol. The maximum absolute atomic E-state index is 13.0. The van der Waals surface area contributed by atoms with Crippen molar-refractivity contribution in [2.45, 2.75) is 27.7 Å². The van der Waals surface area contributed by atoms with Gasteiger partial charge < -0.3 is 10.6 Å². The van der Waals surface area contributed by atoms with Crippen LogP contribution < -0.4 is 10.6 Å².